The molecule has 0 aromatic heterocycles. The molecule has 0 radical (unpaired) electrons. The molecule has 0 aliphatic heterocycles. The number of nitrogens with two attached hydrogens (primary N) is 1. The van der Waals surface area contributed by atoms with E-state index in [0.29, 0.717) is 0 Å². The van der Waals surface area contributed by atoms with E-state index in [1.165, 1.54) is 77.2 Å². The lowest BCUT2D eigenvalue weighted by molar-refractivity contribution is 0.374. The maximum atomic E-state index is 5.50. The van der Waals surface area contributed by atoms with E-state index in [0.717, 1.165) is 25.4 Å². The van der Waals surface area contributed by atoms with Crippen molar-refractivity contribution in [1.82, 2.24) is 5.32 Å². The van der Waals surface area contributed by atoms with E-state index < -0.39 is 0 Å². The Kier molecular flexibility index (Phi) is 16.9. The van der Waals surface area contributed by atoms with E-state index in [-0.39, 0.29) is 0 Å². The first-order valence-electron chi connectivity index (χ1n) is 9.25. The molecule has 0 amide bonds. The van der Waals surface area contributed by atoms with Gasteiger partial charge in [-0.3, -0.25) is 0 Å². The van der Waals surface area contributed by atoms with Crippen LogP contribution in [-0.2, 0) is 0 Å². The van der Waals surface area contributed by atoms with Gasteiger partial charge in [-0.15, -0.1) is 0 Å². The van der Waals surface area contributed by atoms with Crippen molar-refractivity contribution in [3.63, 3.8) is 0 Å². The summed E-state index contributed by atoms with van der Waals surface area (Å²) >= 11 is 0. The molecule has 122 valence electrons. The highest BCUT2D eigenvalue weighted by molar-refractivity contribution is 4.62. The van der Waals surface area contributed by atoms with Gasteiger partial charge in [0, 0.05) is 0 Å². The summed E-state index contributed by atoms with van der Waals surface area (Å²) in [5.41, 5.74) is 5.50. The van der Waals surface area contributed by atoms with E-state index in [4.69, 9.17) is 5.73 Å². The molecule has 0 spiro atoms. The Morgan fingerprint density at radius 3 is 2.00 bits per heavy atom. The summed E-state index contributed by atoms with van der Waals surface area (Å²) in [7, 11) is 0. The third-order valence-electron chi connectivity index (χ3n) is 4.21. The quantitative estimate of drug-likeness (QED) is 0.397. The van der Waals surface area contributed by atoms with Crippen LogP contribution in [0.5, 0.6) is 0 Å². The Balaban J connectivity index is 3.56. The van der Waals surface area contributed by atoms with Gasteiger partial charge in [-0.1, -0.05) is 71.6 Å². The molecule has 1 atom stereocenters. The molecule has 0 rings (SSSR count). The molecule has 0 aromatic carbocycles. The molecule has 1 unspecified atom stereocenters. The molecule has 0 bridgehead atoms. The second-order valence-electron chi connectivity index (χ2n) is 6.25. The van der Waals surface area contributed by atoms with Gasteiger partial charge < -0.3 is 11.1 Å². The van der Waals surface area contributed by atoms with Crippen molar-refractivity contribution in [2.45, 2.75) is 90.9 Å². The summed E-state index contributed by atoms with van der Waals surface area (Å²) in [4.78, 5) is 0. The van der Waals surface area contributed by atoms with Crippen LogP contribution in [0.2, 0.25) is 0 Å². The fourth-order valence-corrected chi connectivity index (χ4v) is 2.83. The minimum atomic E-state index is 0.809. The van der Waals surface area contributed by atoms with Gasteiger partial charge in [0.25, 0.3) is 0 Å². The highest BCUT2D eigenvalue weighted by Gasteiger charge is 2.07. The van der Waals surface area contributed by atoms with E-state index in [2.05, 4.69) is 19.2 Å². The second kappa shape index (κ2) is 17.0. The Morgan fingerprint density at radius 2 is 1.30 bits per heavy atom. The van der Waals surface area contributed by atoms with Gasteiger partial charge in [0.1, 0.15) is 0 Å². The Bertz CT molecular complexity index is 171. The summed E-state index contributed by atoms with van der Waals surface area (Å²) in [6.07, 6.45) is 16.7. The molecule has 0 saturated carbocycles. The van der Waals surface area contributed by atoms with Gasteiger partial charge in [0.15, 0.2) is 0 Å². The first-order chi connectivity index (χ1) is 9.85. The van der Waals surface area contributed by atoms with Gasteiger partial charge in [-0.2, -0.15) is 0 Å². The molecule has 0 heterocycles. The first kappa shape index (κ1) is 19.9. The lowest BCUT2D eigenvalue weighted by Gasteiger charge is -2.16. The number of hydrogen-bond acceptors (Lipinski definition) is 2. The smallest absolute Gasteiger partial charge is 0.00369 e. The van der Waals surface area contributed by atoms with Crippen LogP contribution in [0.15, 0.2) is 0 Å². The molecule has 20 heavy (non-hydrogen) atoms. The summed E-state index contributed by atoms with van der Waals surface area (Å²) in [5, 5.41) is 3.50. The molecule has 0 aromatic rings. The Labute approximate surface area is 128 Å². The predicted octanol–water partition coefficient (Wildman–Crippen LogP) is 4.87. The van der Waals surface area contributed by atoms with Gasteiger partial charge in [-0.25, -0.2) is 0 Å². The second-order valence-corrected chi connectivity index (χ2v) is 6.25. The normalized spacial score (nSPS) is 12.8. The Morgan fingerprint density at radius 1 is 0.700 bits per heavy atom. The van der Waals surface area contributed by atoms with Crippen LogP contribution < -0.4 is 11.1 Å². The SMILES string of the molecule is CCCCCCCC(CCCC)CCCNCCCN. The van der Waals surface area contributed by atoms with Crippen LogP contribution in [0.3, 0.4) is 0 Å². The number of nitrogens with one attached hydrogen (secondary N) is 1. The minimum absolute atomic E-state index is 0.809. The average Bonchev–Trinajstić information content (AvgIpc) is 2.47. The molecule has 2 heteroatoms. The fraction of sp³-hybridized carbons (Fsp3) is 1.00. The minimum Gasteiger partial charge on any atom is -0.330 e. The molecular weight excluding hydrogens is 244 g/mol. The van der Waals surface area contributed by atoms with Crippen molar-refractivity contribution < 1.29 is 0 Å². The maximum absolute atomic E-state index is 5.50. The summed E-state index contributed by atoms with van der Waals surface area (Å²) in [6.45, 7) is 7.68. The standard InChI is InChI=1S/C18H40N2/c1-3-5-7-8-9-13-18(12-6-4-2)14-10-16-20-17-11-15-19/h18,20H,3-17,19H2,1-2H3. The lowest BCUT2D eigenvalue weighted by Crippen LogP contribution is -2.20. The van der Waals surface area contributed by atoms with Crippen LogP contribution >= 0.6 is 0 Å². The zero-order chi connectivity index (χ0) is 14.9. The van der Waals surface area contributed by atoms with Crippen molar-refractivity contribution in [2.75, 3.05) is 19.6 Å². The van der Waals surface area contributed by atoms with Gasteiger partial charge >= 0.3 is 0 Å². The highest BCUT2D eigenvalue weighted by atomic mass is 14.8. The summed E-state index contributed by atoms with van der Waals surface area (Å²) in [6, 6.07) is 0. The van der Waals surface area contributed by atoms with Gasteiger partial charge in [0.2, 0.25) is 0 Å². The zero-order valence-corrected chi connectivity index (χ0v) is 14.3. The summed E-state index contributed by atoms with van der Waals surface area (Å²) < 4.78 is 0. The third kappa shape index (κ3) is 14.3. The van der Waals surface area contributed by atoms with Crippen molar-refractivity contribution in [1.29, 1.82) is 0 Å². The van der Waals surface area contributed by atoms with Crippen molar-refractivity contribution >= 4 is 0 Å². The van der Waals surface area contributed by atoms with Crippen LogP contribution in [-0.4, -0.2) is 19.6 Å². The third-order valence-corrected chi connectivity index (χ3v) is 4.21. The molecular formula is C18H40N2. The first-order valence-corrected chi connectivity index (χ1v) is 9.25. The van der Waals surface area contributed by atoms with Crippen LogP contribution in [0, 0.1) is 5.92 Å². The number of hydrogen-bond donors (Lipinski definition) is 2. The van der Waals surface area contributed by atoms with Crippen LogP contribution in [0.1, 0.15) is 90.9 Å². The zero-order valence-electron chi connectivity index (χ0n) is 14.3. The molecule has 2 nitrogen and oxygen atoms in total. The molecule has 3 N–H and O–H groups in total. The van der Waals surface area contributed by atoms with Crippen molar-refractivity contribution in [3.8, 4) is 0 Å². The number of rotatable bonds is 16. The molecule has 0 saturated heterocycles. The van der Waals surface area contributed by atoms with Gasteiger partial charge in [0.05, 0.1) is 0 Å². The molecule has 0 aliphatic carbocycles. The van der Waals surface area contributed by atoms with E-state index in [1.54, 1.807) is 0 Å². The van der Waals surface area contributed by atoms with E-state index in [1.807, 2.05) is 0 Å². The maximum Gasteiger partial charge on any atom is -0.00369 e. The molecule has 0 fully saturated rings. The number of unbranched alkanes of at least 4 members (excludes halogenated alkanes) is 5. The fourth-order valence-electron chi connectivity index (χ4n) is 2.83. The van der Waals surface area contributed by atoms with E-state index >= 15 is 0 Å². The molecule has 0 aliphatic rings. The van der Waals surface area contributed by atoms with Gasteiger partial charge in [-0.05, 0) is 44.8 Å². The monoisotopic (exact) mass is 284 g/mol. The lowest BCUT2D eigenvalue weighted by atomic mass is 9.91. The summed E-state index contributed by atoms with van der Waals surface area (Å²) in [5.74, 6) is 0.980. The largest absolute Gasteiger partial charge is 0.330 e. The average molecular weight is 285 g/mol. The predicted molar refractivity (Wildman–Crippen MR) is 92.2 cm³/mol. The van der Waals surface area contributed by atoms with E-state index in [9.17, 15) is 0 Å². The Hall–Kier alpha value is -0.0800. The van der Waals surface area contributed by atoms with Crippen LogP contribution in [0.4, 0.5) is 0 Å². The highest BCUT2D eigenvalue weighted by Crippen LogP contribution is 2.22. The topological polar surface area (TPSA) is 38.0 Å². The van der Waals surface area contributed by atoms with Crippen molar-refractivity contribution in [2.24, 2.45) is 11.7 Å². The van der Waals surface area contributed by atoms with Crippen molar-refractivity contribution in [3.05, 3.63) is 0 Å². The van der Waals surface area contributed by atoms with Crippen LogP contribution in [0.25, 0.3) is 0 Å².